The van der Waals surface area contributed by atoms with Gasteiger partial charge >= 0.3 is 0 Å². The number of rotatable bonds is 6. The lowest BCUT2D eigenvalue weighted by Crippen LogP contribution is -2.30. The second-order valence-corrected chi connectivity index (χ2v) is 4.13. The molecule has 0 aliphatic rings. The van der Waals surface area contributed by atoms with Gasteiger partial charge in [-0.15, -0.1) is 0 Å². The third kappa shape index (κ3) is 4.70. The molecule has 0 fully saturated rings. The molecular formula is C9H14BrF2N3. The summed E-state index contributed by atoms with van der Waals surface area (Å²) in [6.07, 6.45) is 1.25. The Labute approximate surface area is 96.2 Å². The maximum Gasteiger partial charge on any atom is 0.251 e. The van der Waals surface area contributed by atoms with E-state index in [-0.39, 0.29) is 6.54 Å². The smallest absolute Gasteiger partial charge is 0.251 e. The van der Waals surface area contributed by atoms with Crippen molar-refractivity contribution in [3.63, 3.8) is 0 Å². The van der Waals surface area contributed by atoms with E-state index in [4.69, 9.17) is 0 Å². The Balaban J connectivity index is 2.50. The Hall–Kier alpha value is -0.490. The number of hydrogen-bond acceptors (Lipinski definition) is 2. The van der Waals surface area contributed by atoms with Crippen molar-refractivity contribution in [1.82, 2.24) is 14.7 Å². The molecule has 15 heavy (non-hydrogen) atoms. The van der Waals surface area contributed by atoms with E-state index in [2.05, 4.69) is 21.0 Å². The fourth-order valence-electron chi connectivity index (χ4n) is 1.36. The maximum absolute atomic E-state index is 12.2. The van der Waals surface area contributed by atoms with Crippen LogP contribution in [0.15, 0.2) is 12.4 Å². The third-order valence-corrected chi connectivity index (χ3v) is 2.32. The largest absolute Gasteiger partial charge is 0.292 e. The van der Waals surface area contributed by atoms with Gasteiger partial charge in [0.2, 0.25) is 0 Å². The molecule has 0 N–H and O–H groups in total. The summed E-state index contributed by atoms with van der Waals surface area (Å²) in [6, 6.07) is 0. The highest BCUT2D eigenvalue weighted by Crippen LogP contribution is 2.06. The van der Waals surface area contributed by atoms with Gasteiger partial charge in [0, 0.05) is 37.2 Å². The molecule has 0 aliphatic heterocycles. The molecular weight excluding hydrogens is 268 g/mol. The monoisotopic (exact) mass is 281 g/mol. The zero-order valence-corrected chi connectivity index (χ0v) is 10.1. The van der Waals surface area contributed by atoms with E-state index < -0.39 is 6.43 Å². The quantitative estimate of drug-likeness (QED) is 0.743. The third-order valence-electron chi connectivity index (χ3n) is 1.96. The summed E-state index contributed by atoms with van der Waals surface area (Å²) in [7, 11) is 1.81. The number of hydrogen-bond donors (Lipinski definition) is 0. The topological polar surface area (TPSA) is 21.1 Å². The molecule has 0 saturated heterocycles. The van der Waals surface area contributed by atoms with Gasteiger partial charge in [-0.3, -0.25) is 9.58 Å². The summed E-state index contributed by atoms with van der Waals surface area (Å²) in [5, 5.41) is 4.69. The Kier molecular flexibility index (Phi) is 5.17. The van der Waals surface area contributed by atoms with Crippen molar-refractivity contribution in [3.05, 3.63) is 18.0 Å². The van der Waals surface area contributed by atoms with Crippen LogP contribution in [0.5, 0.6) is 0 Å². The minimum absolute atomic E-state index is 0.194. The van der Waals surface area contributed by atoms with Crippen LogP contribution in [0.4, 0.5) is 8.78 Å². The van der Waals surface area contributed by atoms with Crippen LogP contribution in [0, 0.1) is 0 Å². The number of aryl methyl sites for hydroxylation is 1. The molecule has 0 amide bonds. The van der Waals surface area contributed by atoms with Crippen molar-refractivity contribution >= 4 is 15.9 Å². The van der Waals surface area contributed by atoms with E-state index in [1.165, 1.54) is 0 Å². The molecule has 86 valence electrons. The van der Waals surface area contributed by atoms with Crippen LogP contribution in [0.25, 0.3) is 0 Å². The van der Waals surface area contributed by atoms with E-state index in [9.17, 15) is 8.78 Å². The number of alkyl halides is 3. The molecule has 0 saturated carbocycles. The van der Waals surface area contributed by atoms with Gasteiger partial charge in [-0.1, -0.05) is 15.9 Å². The van der Waals surface area contributed by atoms with Crippen LogP contribution in [0.1, 0.15) is 5.56 Å². The summed E-state index contributed by atoms with van der Waals surface area (Å²) in [6.45, 7) is 0.934. The molecule has 6 heteroatoms. The molecule has 1 rings (SSSR count). The lowest BCUT2D eigenvalue weighted by molar-refractivity contribution is 0.0881. The fourth-order valence-corrected chi connectivity index (χ4v) is 1.86. The van der Waals surface area contributed by atoms with E-state index in [0.29, 0.717) is 18.4 Å². The van der Waals surface area contributed by atoms with Gasteiger partial charge in [0.25, 0.3) is 6.43 Å². The number of nitrogens with zero attached hydrogens (tertiary/aromatic N) is 3. The van der Waals surface area contributed by atoms with Crippen molar-refractivity contribution < 1.29 is 8.78 Å². The van der Waals surface area contributed by atoms with Gasteiger partial charge in [-0.05, 0) is 0 Å². The van der Waals surface area contributed by atoms with Crippen LogP contribution in [0.3, 0.4) is 0 Å². The average molecular weight is 282 g/mol. The lowest BCUT2D eigenvalue weighted by Gasteiger charge is -2.19. The molecule has 0 bridgehead atoms. The number of aromatic nitrogens is 2. The molecule has 1 aromatic rings. The normalized spacial score (nSPS) is 11.6. The van der Waals surface area contributed by atoms with Crippen LogP contribution in [-0.4, -0.2) is 39.5 Å². The van der Waals surface area contributed by atoms with Crippen molar-refractivity contribution in [3.8, 4) is 0 Å². The summed E-state index contributed by atoms with van der Waals surface area (Å²) >= 11 is 3.25. The molecule has 0 atom stereocenters. The Bertz CT molecular complexity index is 291. The van der Waals surface area contributed by atoms with Gasteiger partial charge in [0.05, 0.1) is 12.7 Å². The standard InChI is InChI=1S/C9H14BrF2N3/c1-14-5-8(4-13-14)6-15(3-2-10)7-9(11)12/h4-5,9H,2-3,6-7H2,1H3. The van der Waals surface area contributed by atoms with Crippen molar-refractivity contribution in [1.29, 1.82) is 0 Å². The molecule has 0 radical (unpaired) electrons. The minimum atomic E-state index is -2.29. The highest BCUT2D eigenvalue weighted by Gasteiger charge is 2.12. The zero-order valence-electron chi connectivity index (χ0n) is 8.54. The first-order chi connectivity index (χ1) is 7.11. The molecule has 0 aromatic carbocycles. The molecule has 1 aromatic heterocycles. The van der Waals surface area contributed by atoms with Crippen LogP contribution in [0.2, 0.25) is 0 Å². The highest BCUT2D eigenvalue weighted by atomic mass is 79.9. The molecule has 0 spiro atoms. The zero-order chi connectivity index (χ0) is 11.3. The summed E-state index contributed by atoms with van der Waals surface area (Å²) in [5.74, 6) is 0. The van der Waals surface area contributed by atoms with Crippen LogP contribution in [-0.2, 0) is 13.6 Å². The van der Waals surface area contributed by atoms with E-state index >= 15 is 0 Å². The molecule has 1 heterocycles. The first-order valence-corrected chi connectivity index (χ1v) is 5.78. The first-order valence-electron chi connectivity index (χ1n) is 4.66. The predicted molar refractivity (Wildman–Crippen MR) is 58.3 cm³/mol. The van der Waals surface area contributed by atoms with Gasteiger partial charge in [-0.25, -0.2) is 8.78 Å². The van der Waals surface area contributed by atoms with Gasteiger partial charge < -0.3 is 0 Å². The Morgan fingerprint density at radius 3 is 2.80 bits per heavy atom. The minimum Gasteiger partial charge on any atom is -0.292 e. The Morgan fingerprint density at radius 1 is 1.60 bits per heavy atom. The maximum atomic E-state index is 12.2. The van der Waals surface area contributed by atoms with Crippen LogP contribution >= 0.6 is 15.9 Å². The van der Waals surface area contributed by atoms with Gasteiger partial charge in [0.15, 0.2) is 0 Å². The van der Waals surface area contributed by atoms with E-state index in [1.807, 2.05) is 13.2 Å². The van der Waals surface area contributed by atoms with Gasteiger partial charge in [0.1, 0.15) is 0 Å². The molecule has 3 nitrogen and oxygen atoms in total. The highest BCUT2D eigenvalue weighted by molar-refractivity contribution is 9.09. The Morgan fingerprint density at radius 2 is 2.33 bits per heavy atom. The van der Waals surface area contributed by atoms with Crippen molar-refractivity contribution in [2.45, 2.75) is 13.0 Å². The fraction of sp³-hybridized carbons (Fsp3) is 0.667. The predicted octanol–water partition coefficient (Wildman–Crippen LogP) is 1.88. The lowest BCUT2D eigenvalue weighted by atomic mass is 10.3. The average Bonchev–Trinajstić information content (AvgIpc) is 2.50. The summed E-state index contributed by atoms with van der Waals surface area (Å²) < 4.78 is 26.1. The number of halogens is 3. The van der Waals surface area contributed by atoms with Crippen LogP contribution < -0.4 is 0 Å². The summed E-state index contributed by atoms with van der Waals surface area (Å²) in [4.78, 5) is 1.70. The summed E-state index contributed by atoms with van der Waals surface area (Å²) in [5.41, 5.74) is 0.958. The second-order valence-electron chi connectivity index (χ2n) is 3.34. The van der Waals surface area contributed by atoms with Crippen molar-refractivity contribution in [2.75, 3.05) is 18.4 Å². The van der Waals surface area contributed by atoms with E-state index in [1.54, 1.807) is 15.8 Å². The molecule has 0 aliphatic carbocycles. The first kappa shape index (κ1) is 12.6. The SMILES string of the molecule is Cn1cc(CN(CCBr)CC(F)F)cn1. The second kappa shape index (κ2) is 6.17. The van der Waals surface area contributed by atoms with Gasteiger partial charge in [-0.2, -0.15) is 5.10 Å². The molecule has 0 unspecified atom stereocenters. The van der Waals surface area contributed by atoms with E-state index in [0.717, 1.165) is 5.56 Å². The van der Waals surface area contributed by atoms with Crippen molar-refractivity contribution in [2.24, 2.45) is 7.05 Å².